The normalized spacial score (nSPS) is 11.8. The lowest BCUT2D eigenvalue weighted by Crippen LogP contribution is -2.46. The Kier molecular flexibility index (Phi) is 7.74. The van der Waals surface area contributed by atoms with Crippen LogP contribution in [0.3, 0.4) is 0 Å². The quantitative estimate of drug-likeness (QED) is 0.331. The molecule has 2 heterocycles. The fourth-order valence-corrected chi connectivity index (χ4v) is 3.78. The molecule has 0 radical (unpaired) electrons. The van der Waals surface area contributed by atoms with Gasteiger partial charge in [-0.25, -0.2) is 4.68 Å². The number of rotatable bonds is 11. The Morgan fingerprint density at radius 2 is 1.91 bits per heavy atom. The van der Waals surface area contributed by atoms with Gasteiger partial charge >= 0.3 is 0 Å². The van der Waals surface area contributed by atoms with Gasteiger partial charge in [-0.15, -0.1) is 5.10 Å². The van der Waals surface area contributed by atoms with Crippen LogP contribution in [0.25, 0.3) is 11.0 Å². The van der Waals surface area contributed by atoms with E-state index in [4.69, 9.17) is 13.9 Å². The molecule has 35 heavy (non-hydrogen) atoms. The van der Waals surface area contributed by atoms with Crippen LogP contribution in [-0.4, -0.2) is 53.7 Å². The first-order chi connectivity index (χ1) is 17.1. The van der Waals surface area contributed by atoms with Crippen LogP contribution in [0.4, 0.5) is 5.69 Å². The molecule has 4 rings (SSSR count). The fraction of sp³-hybridized carbons (Fsp3) is 0.280. The van der Waals surface area contributed by atoms with Crippen molar-refractivity contribution in [3.8, 4) is 5.75 Å². The van der Waals surface area contributed by atoms with Gasteiger partial charge in [-0.2, -0.15) is 0 Å². The Morgan fingerprint density at radius 1 is 1.11 bits per heavy atom. The number of hydrogen-bond donors (Lipinski definition) is 1. The largest absolute Gasteiger partial charge is 0.492 e. The highest BCUT2D eigenvalue weighted by Crippen LogP contribution is 2.35. The summed E-state index contributed by atoms with van der Waals surface area (Å²) < 4.78 is 18.0. The summed E-state index contributed by atoms with van der Waals surface area (Å²) in [4.78, 5) is 28.7. The van der Waals surface area contributed by atoms with Gasteiger partial charge in [0.15, 0.2) is 6.04 Å². The molecular formula is C25H27N5O5. The van der Waals surface area contributed by atoms with Crippen LogP contribution in [0.5, 0.6) is 5.75 Å². The minimum atomic E-state index is -1.09. The van der Waals surface area contributed by atoms with Gasteiger partial charge in [0.1, 0.15) is 23.6 Å². The molecule has 2 aromatic heterocycles. The number of furan rings is 1. The number of carbonyl (C=O) groups is 2. The first-order valence-electron chi connectivity index (χ1n) is 11.3. The molecule has 4 aromatic rings. The zero-order valence-corrected chi connectivity index (χ0v) is 19.6. The number of nitrogens with zero attached hydrogens (tertiary/aromatic N) is 4. The molecule has 182 valence electrons. The van der Waals surface area contributed by atoms with E-state index in [1.165, 1.54) is 15.8 Å². The number of nitrogens with one attached hydrogen (secondary N) is 1. The predicted octanol–water partition coefficient (Wildman–Crippen LogP) is 2.96. The van der Waals surface area contributed by atoms with Crippen molar-refractivity contribution in [1.82, 2.24) is 20.3 Å². The van der Waals surface area contributed by atoms with Gasteiger partial charge in [0.05, 0.1) is 30.7 Å². The molecule has 0 spiro atoms. The van der Waals surface area contributed by atoms with Crippen molar-refractivity contribution in [3.05, 3.63) is 72.7 Å². The van der Waals surface area contributed by atoms with Crippen LogP contribution in [0.2, 0.25) is 0 Å². The Balaban J connectivity index is 1.78. The van der Waals surface area contributed by atoms with E-state index in [1.807, 2.05) is 37.3 Å². The van der Waals surface area contributed by atoms with Crippen molar-refractivity contribution in [3.63, 3.8) is 0 Å². The second-order valence-corrected chi connectivity index (χ2v) is 7.60. The van der Waals surface area contributed by atoms with Gasteiger partial charge < -0.3 is 19.2 Å². The number of fused-ring (bicyclic) bond motifs is 1. The summed E-state index contributed by atoms with van der Waals surface area (Å²) in [5, 5.41) is 11.1. The summed E-state index contributed by atoms with van der Waals surface area (Å²) >= 11 is 0. The maximum Gasteiger partial charge on any atom is 0.251 e. The van der Waals surface area contributed by atoms with E-state index in [0.717, 1.165) is 0 Å². The molecule has 2 amide bonds. The minimum absolute atomic E-state index is 0.149. The van der Waals surface area contributed by atoms with E-state index in [2.05, 4.69) is 15.6 Å². The number of anilines is 1. The van der Waals surface area contributed by atoms with Crippen molar-refractivity contribution >= 4 is 28.5 Å². The van der Waals surface area contributed by atoms with Crippen LogP contribution in [0.1, 0.15) is 18.7 Å². The van der Waals surface area contributed by atoms with E-state index in [-0.39, 0.29) is 13.1 Å². The highest BCUT2D eigenvalue weighted by atomic mass is 16.5. The van der Waals surface area contributed by atoms with Crippen LogP contribution in [0.15, 0.2) is 71.3 Å². The molecule has 2 aromatic carbocycles. The average Bonchev–Trinajstić information content (AvgIpc) is 3.54. The smallest absolute Gasteiger partial charge is 0.251 e. The highest BCUT2D eigenvalue weighted by Gasteiger charge is 2.36. The lowest BCUT2D eigenvalue weighted by molar-refractivity contribution is -0.127. The molecule has 0 aliphatic heterocycles. The van der Waals surface area contributed by atoms with Crippen LogP contribution < -0.4 is 15.0 Å². The van der Waals surface area contributed by atoms with E-state index in [9.17, 15) is 9.59 Å². The Labute approximate surface area is 202 Å². The molecule has 0 saturated carbocycles. The Morgan fingerprint density at radius 3 is 2.69 bits per heavy atom. The SMILES string of the molecule is CCOc1ccccc1N(C(=O)Cn1nnc2ccccc21)[C@H](C(=O)NCCOC)c1ccco1. The Bertz CT molecular complexity index is 1270. The summed E-state index contributed by atoms with van der Waals surface area (Å²) in [5.41, 5.74) is 1.81. The average molecular weight is 478 g/mol. The number of para-hydroxylation sites is 3. The van der Waals surface area contributed by atoms with Gasteiger partial charge in [0.2, 0.25) is 5.91 Å². The second kappa shape index (κ2) is 11.3. The molecule has 0 unspecified atom stereocenters. The number of hydrogen-bond acceptors (Lipinski definition) is 7. The number of aromatic nitrogens is 3. The molecule has 0 saturated heterocycles. The molecule has 0 aliphatic carbocycles. The first-order valence-corrected chi connectivity index (χ1v) is 11.3. The van der Waals surface area contributed by atoms with Crippen molar-refractivity contribution in [1.29, 1.82) is 0 Å². The summed E-state index contributed by atoms with van der Waals surface area (Å²) in [5.74, 6) is -0.0349. The van der Waals surface area contributed by atoms with Crippen molar-refractivity contribution in [2.24, 2.45) is 0 Å². The maximum atomic E-state index is 13.9. The zero-order valence-electron chi connectivity index (χ0n) is 19.6. The van der Waals surface area contributed by atoms with Crippen LogP contribution in [0, 0.1) is 0 Å². The minimum Gasteiger partial charge on any atom is -0.492 e. The molecule has 0 bridgehead atoms. The lowest BCUT2D eigenvalue weighted by atomic mass is 10.1. The summed E-state index contributed by atoms with van der Waals surface area (Å²) in [6, 6.07) is 16.7. The third-order valence-electron chi connectivity index (χ3n) is 5.32. The predicted molar refractivity (Wildman–Crippen MR) is 129 cm³/mol. The van der Waals surface area contributed by atoms with Gasteiger partial charge in [0, 0.05) is 13.7 Å². The monoisotopic (exact) mass is 477 g/mol. The summed E-state index contributed by atoms with van der Waals surface area (Å²) in [6.07, 6.45) is 1.47. The molecule has 1 atom stereocenters. The third kappa shape index (κ3) is 5.33. The van der Waals surface area contributed by atoms with E-state index >= 15 is 0 Å². The van der Waals surface area contributed by atoms with Gasteiger partial charge in [-0.05, 0) is 43.3 Å². The molecule has 1 N–H and O–H groups in total. The van der Waals surface area contributed by atoms with E-state index < -0.39 is 17.9 Å². The fourth-order valence-electron chi connectivity index (χ4n) is 3.78. The molecular weight excluding hydrogens is 450 g/mol. The standard InChI is InChI=1S/C25H27N5O5/c1-3-34-21-12-7-6-11-20(21)30(23(31)17-29-19-10-5-4-9-18(19)27-28-29)24(22-13-8-15-35-22)25(32)26-14-16-33-2/h4-13,15,24H,3,14,16-17H2,1-2H3,(H,26,32)/t24-/m0/s1. The van der Waals surface area contributed by atoms with Crippen LogP contribution in [-0.2, 0) is 20.9 Å². The topological polar surface area (TPSA) is 112 Å². The molecule has 10 nitrogen and oxygen atoms in total. The van der Waals surface area contributed by atoms with Crippen molar-refractivity contribution in [2.75, 3.05) is 31.8 Å². The summed E-state index contributed by atoms with van der Waals surface area (Å²) in [6.45, 7) is 2.69. The number of methoxy groups -OCH3 is 1. The maximum absolute atomic E-state index is 13.9. The number of carbonyl (C=O) groups excluding carboxylic acids is 2. The van der Waals surface area contributed by atoms with Crippen molar-refractivity contribution < 1.29 is 23.5 Å². The van der Waals surface area contributed by atoms with Gasteiger partial charge in [-0.1, -0.05) is 29.5 Å². The number of amides is 2. The Hall–Kier alpha value is -4.18. The molecule has 0 fully saturated rings. The zero-order chi connectivity index (χ0) is 24.6. The molecule has 0 aliphatic rings. The third-order valence-corrected chi connectivity index (χ3v) is 5.32. The van der Waals surface area contributed by atoms with E-state index in [0.29, 0.717) is 41.4 Å². The first kappa shape index (κ1) is 24.0. The number of ether oxygens (including phenoxy) is 2. The lowest BCUT2D eigenvalue weighted by Gasteiger charge is -2.31. The number of benzene rings is 2. The summed E-state index contributed by atoms with van der Waals surface area (Å²) in [7, 11) is 1.55. The highest BCUT2D eigenvalue weighted by molar-refractivity contribution is 6.02. The van der Waals surface area contributed by atoms with Gasteiger partial charge in [0.25, 0.3) is 5.91 Å². The molecule has 10 heteroatoms. The van der Waals surface area contributed by atoms with E-state index in [1.54, 1.807) is 37.4 Å². The van der Waals surface area contributed by atoms with Gasteiger partial charge in [-0.3, -0.25) is 14.5 Å². The second-order valence-electron chi connectivity index (χ2n) is 7.60. The van der Waals surface area contributed by atoms with Crippen LogP contribution >= 0.6 is 0 Å². The van der Waals surface area contributed by atoms with Crippen molar-refractivity contribution in [2.45, 2.75) is 19.5 Å².